The van der Waals surface area contributed by atoms with Crippen LogP contribution in [-0.4, -0.2) is 12.6 Å². The molecule has 0 aliphatic carbocycles. The van der Waals surface area contributed by atoms with Crippen LogP contribution in [-0.2, 0) is 9.53 Å². The molecule has 0 bridgehead atoms. The first-order valence-electron chi connectivity index (χ1n) is 4.78. The van der Waals surface area contributed by atoms with E-state index >= 15 is 0 Å². The van der Waals surface area contributed by atoms with Crippen LogP contribution in [0.5, 0.6) is 0 Å². The van der Waals surface area contributed by atoms with Gasteiger partial charge in [0.05, 0.1) is 12.5 Å². The summed E-state index contributed by atoms with van der Waals surface area (Å²) in [7, 11) is 0. The second kappa shape index (κ2) is 6.04. The Morgan fingerprint density at radius 3 is 2.33 bits per heavy atom. The molecule has 2 atom stereocenters. The Morgan fingerprint density at radius 1 is 1.33 bits per heavy atom. The Morgan fingerprint density at radius 2 is 1.92 bits per heavy atom. The fraction of sp³-hybridized carbons (Fsp3) is 0.900. The molecule has 0 saturated heterocycles. The SMILES string of the molecule is CCOC(=O)C(C)CC(C)CC. The number of rotatable bonds is 5. The van der Waals surface area contributed by atoms with Gasteiger partial charge in [0, 0.05) is 0 Å². The fourth-order valence-corrected chi connectivity index (χ4v) is 1.15. The highest BCUT2D eigenvalue weighted by Gasteiger charge is 2.15. The molecule has 0 saturated carbocycles. The van der Waals surface area contributed by atoms with Crippen molar-refractivity contribution in [2.24, 2.45) is 11.8 Å². The fourth-order valence-electron chi connectivity index (χ4n) is 1.15. The zero-order chi connectivity index (χ0) is 9.56. The van der Waals surface area contributed by atoms with E-state index < -0.39 is 0 Å². The lowest BCUT2D eigenvalue weighted by Crippen LogP contribution is -2.16. The van der Waals surface area contributed by atoms with Crippen LogP contribution in [0, 0.1) is 11.8 Å². The second-order valence-corrected chi connectivity index (χ2v) is 3.40. The van der Waals surface area contributed by atoms with Crippen molar-refractivity contribution in [3.8, 4) is 0 Å². The molecule has 0 aromatic heterocycles. The molecule has 0 heterocycles. The average Bonchev–Trinajstić information content (AvgIpc) is 2.04. The smallest absolute Gasteiger partial charge is 0.308 e. The van der Waals surface area contributed by atoms with Crippen molar-refractivity contribution in [1.82, 2.24) is 0 Å². The van der Waals surface area contributed by atoms with E-state index in [9.17, 15) is 4.79 Å². The van der Waals surface area contributed by atoms with Gasteiger partial charge in [0.2, 0.25) is 0 Å². The predicted molar refractivity (Wildman–Crippen MR) is 49.9 cm³/mol. The molecule has 0 amide bonds. The first-order chi connectivity index (χ1) is 5.61. The normalized spacial score (nSPS) is 15.3. The highest BCUT2D eigenvalue weighted by atomic mass is 16.5. The first kappa shape index (κ1) is 11.5. The number of carbonyl (C=O) groups excluding carboxylic acids is 1. The molecule has 12 heavy (non-hydrogen) atoms. The van der Waals surface area contributed by atoms with Crippen molar-refractivity contribution in [2.75, 3.05) is 6.61 Å². The number of hydrogen-bond donors (Lipinski definition) is 0. The van der Waals surface area contributed by atoms with Crippen molar-refractivity contribution in [3.05, 3.63) is 0 Å². The summed E-state index contributed by atoms with van der Waals surface area (Å²) in [6, 6.07) is 0. The van der Waals surface area contributed by atoms with Gasteiger partial charge in [-0.1, -0.05) is 27.2 Å². The van der Waals surface area contributed by atoms with Gasteiger partial charge in [0.1, 0.15) is 0 Å². The monoisotopic (exact) mass is 172 g/mol. The average molecular weight is 172 g/mol. The van der Waals surface area contributed by atoms with Crippen LogP contribution in [0.2, 0.25) is 0 Å². The van der Waals surface area contributed by atoms with Crippen LogP contribution < -0.4 is 0 Å². The Bertz CT molecular complexity index is 132. The minimum absolute atomic E-state index is 0.0555. The van der Waals surface area contributed by atoms with Crippen LogP contribution in [0.15, 0.2) is 0 Å². The number of ether oxygens (including phenoxy) is 1. The lowest BCUT2D eigenvalue weighted by Gasteiger charge is -2.14. The van der Waals surface area contributed by atoms with E-state index in [0.717, 1.165) is 12.8 Å². The molecule has 72 valence electrons. The molecule has 0 radical (unpaired) electrons. The van der Waals surface area contributed by atoms with Gasteiger partial charge in [-0.05, 0) is 19.3 Å². The zero-order valence-corrected chi connectivity index (χ0v) is 8.59. The molecule has 0 fully saturated rings. The molecule has 2 heteroatoms. The maximum absolute atomic E-state index is 11.2. The summed E-state index contributed by atoms with van der Waals surface area (Å²) in [4.78, 5) is 11.2. The van der Waals surface area contributed by atoms with Crippen LogP contribution in [0.25, 0.3) is 0 Å². The third-order valence-electron chi connectivity index (χ3n) is 2.14. The van der Waals surface area contributed by atoms with Gasteiger partial charge < -0.3 is 4.74 Å². The minimum atomic E-state index is -0.0576. The van der Waals surface area contributed by atoms with E-state index in [-0.39, 0.29) is 11.9 Å². The molecule has 0 rings (SSSR count). The molecule has 0 aliphatic rings. The first-order valence-corrected chi connectivity index (χ1v) is 4.78. The van der Waals surface area contributed by atoms with Crippen molar-refractivity contribution < 1.29 is 9.53 Å². The van der Waals surface area contributed by atoms with E-state index in [1.165, 1.54) is 0 Å². The summed E-state index contributed by atoms with van der Waals surface area (Å²) >= 11 is 0. The molecule has 2 nitrogen and oxygen atoms in total. The van der Waals surface area contributed by atoms with Crippen LogP contribution in [0.3, 0.4) is 0 Å². The number of esters is 1. The van der Waals surface area contributed by atoms with Gasteiger partial charge in [0.15, 0.2) is 0 Å². The molecular formula is C10H20O2. The second-order valence-electron chi connectivity index (χ2n) is 3.40. The lowest BCUT2D eigenvalue weighted by molar-refractivity contribution is -0.147. The standard InChI is InChI=1S/C10H20O2/c1-5-8(3)7-9(4)10(11)12-6-2/h8-9H,5-7H2,1-4H3. The Labute approximate surface area is 75.3 Å². The third-order valence-corrected chi connectivity index (χ3v) is 2.14. The number of carbonyl (C=O) groups is 1. The zero-order valence-electron chi connectivity index (χ0n) is 8.59. The summed E-state index contributed by atoms with van der Waals surface area (Å²) in [6.45, 7) is 8.57. The Balaban J connectivity index is 3.70. The minimum Gasteiger partial charge on any atom is -0.466 e. The topological polar surface area (TPSA) is 26.3 Å². The molecule has 0 aliphatic heterocycles. The van der Waals surface area contributed by atoms with Crippen molar-refractivity contribution in [3.63, 3.8) is 0 Å². The van der Waals surface area contributed by atoms with Crippen LogP contribution in [0.1, 0.15) is 40.5 Å². The van der Waals surface area contributed by atoms with Crippen molar-refractivity contribution in [1.29, 1.82) is 0 Å². The molecular weight excluding hydrogens is 152 g/mol. The quantitative estimate of drug-likeness (QED) is 0.596. The van der Waals surface area contributed by atoms with E-state index in [1.54, 1.807) is 0 Å². The van der Waals surface area contributed by atoms with E-state index in [4.69, 9.17) is 4.74 Å². The van der Waals surface area contributed by atoms with Gasteiger partial charge in [-0.3, -0.25) is 4.79 Å². The van der Waals surface area contributed by atoms with E-state index in [0.29, 0.717) is 12.5 Å². The van der Waals surface area contributed by atoms with E-state index in [2.05, 4.69) is 13.8 Å². The van der Waals surface area contributed by atoms with Gasteiger partial charge in [-0.15, -0.1) is 0 Å². The molecule has 2 unspecified atom stereocenters. The molecule has 0 aromatic carbocycles. The third kappa shape index (κ3) is 4.37. The van der Waals surface area contributed by atoms with Crippen LogP contribution >= 0.6 is 0 Å². The van der Waals surface area contributed by atoms with Gasteiger partial charge in [-0.2, -0.15) is 0 Å². The van der Waals surface area contributed by atoms with Crippen molar-refractivity contribution in [2.45, 2.75) is 40.5 Å². The molecule has 0 N–H and O–H groups in total. The molecule has 0 spiro atoms. The summed E-state index contributed by atoms with van der Waals surface area (Å²) in [5.41, 5.74) is 0. The maximum Gasteiger partial charge on any atom is 0.308 e. The van der Waals surface area contributed by atoms with Gasteiger partial charge >= 0.3 is 5.97 Å². The summed E-state index contributed by atoms with van der Waals surface area (Å²) in [5.74, 6) is 0.613. The summed E-state index contributed by atoms with van der Waals surface area (Å²) in [6.07, 6.45) is 2.07. The van der Waals surface area contributed by atoms with E-state index in [1.807, 2.05) is 13.8 Å². The summed E-state index contributed by atoms with van der Waals surface area (Å²) < 4.78 is 4.91. The largest absolute Gasteiger partial charge is 0.466 e. The Kier molecular flexibility index (Phi) is 5.77. The Hall–Kier alpha value is -0.530. The van der Waals surface area contributed by atoms with Crippen LogP contribution in [0.4, 0.5) is 0 Å². The highest BCUT2D eigenvalue weighted by molar-refractivity contribution is 5.71. The number of hydrogen-bond acceptors (Lipinski definition) is 2. The van der Waals surface area contributed by atoms with Gasteiger partial charge in [-0.25, -0.2) is 0 Å². The lowest BCUT2D eigenvalue weighted by atomic mass is 9.95. The maximum atomic E-state index is 11.2. The molecule has 0 aromatic rings. The summed E-state index contributed by atoms with van der Waals surface area (Å²) in [5, 5.41) is 0. The van der Waals surface area contributed by atoms with Crippen molar-refractivity contribution >= 4 is 5.97 Å². The predicted octanol–water partition coefficient (Wildman–Crippen LogP) is 2.62. The highest BCUT2D eigenvalue weighted by Crippen LogP contribution is 2.15. The van der Waals surface area contributed by atoms with Gasteiger partial charge in [0.25, 0.3) is 0 Å².